The van der Waals surface area contributed by atoms with Gasteiger partial charge in [-0.1, -0.05) is 6.07 Å². The number of aromatic nitrogens is 2. The maximum Gasteiger partial charge on any atom is 0.259 e. The molecule has 0 aromatic carbocycles. The van der Waals surface area contributed by atoms with Crippen LogP contribution < -0.4 is 15.2 Å². The van der Waals surface area contributed by atoms with Gasteiger partial charge < -0.3 is 19.1 Å². The van der Waals surface area contributed by atoms with Crippen LogP contribution in [-0.4, -0.2) is 53.6 Å². The van der Waals surface area contributed by atoms with Crippen molar-refractivity contribution >= 4 is 11.7 Å². The van der Waals surface area contributed by atoms with Crippen molar-refractivity contribution in [3.05, 3.63) is 52.6 Å². The molecule has 1 amide bonds. The molecule has 7 nitrogen and oxygen atoms in total. The third-order valence-electron chi connectivity index (χ3n) is 4.34. The average Bonchev–Trinajstić information content (AvgIpc) is 2.55. The van der Waals surface area contributed by atoms with Gasteiger partial charge in [-0.2, -0.15) is 0 Å². The van der Waals surface area contributed by atoms with E-state index in [2.05, 4.69) is 9.88 Å². The Bertz CT molecular complexity index is 797. The highest BCUT2D eigenvalue weighted by Gasteiger charge is 2.34. The van der Waals surface area contributed by atoms with Crippen LogP contribution in [0.25, 0.3) is 0 Å². The van der Waals surface area contributed by atoms with Crippen molar-refractivity contribution in [1.82, 2.24) is 14.5 Å². The average molecular weight is 328 g/mol. The minimum atomic E-state index is -0.212. The van der Waals surface area contributed by atoms with Gasteiger partial charge in [-0.3, -0.25) is 9.59 Å². The number of ether oxygens (including phenoxy) is 1. The molecule has 1 aliphatic rings. The molecule has 126 valence electrons. The van der Waals surface area contributed by atoms with Crippen molar-refractivity contribution in [2.75, 3.05) is 32.1 Å². The number of hydrogen-bond donors (Lipinski definition) is 0. The molecule has 7 heteroatoms. The molecular weight excluding hydrogens is 308 g/mol. The molecule has 0 atom stereocenters. The molecule has 2 aromatic heterocycles. The smallest absolute Gasteiger partial charge is 0.259 e. The van der Waals surface area contributed by atoms with E-state index in [4.69, 9.17) is 4.74 Å². The van der Waals surface area contributed by atoms with Crippen LogP contribution >= 0.6 is 0 Å². The Labute approximate surface area is 140 Å². The summed E-state index contributed by atoms with van der Waals surface area (Å²) < 4.78 is 6.57. The minimum absolute atomic E-state index is 0.0986. The zero-order valence-corrected chi connectivity index (χ0v) is 14.0. The SMILES string of the molecule is COc1cc(=O)n(C)cc1C(=O)N(C)C1CN(c2ccccn2)C1. The lowest BCUT2D eigenvalue weighted by molar-refractivity contribution is 0.0700. The summed E-state index contributed by atoms with van der Waals surface area (Å²) in [5.74, 6) is 1.05. The van der Waals surface area contributed by atoms with E-state index in [-0.39, 0.29) is 17.5 Å². The lowest BCUT2D eigenvalue weighted by Crippen LogP contribution is -2.60. The first kappa shape index (κ1) is 16.0. The van der Waals surface area contributed by atoms with Gasteiger partial charge in [0.1, 0.15) is 11.6 Å². The predicted octanol–water partition coefficient (Wildman–Crippen LogP) is 0.750. The number of aryl methyl sites for hydroxylation is 1. The van der Waals surface area contributed by atoms with E-state index in [9.17, 15) is 9.59 Å². The van der Waals surface area contributed by atoms with E-state index in [1.54, 1.807) is 25.2 Å². The Morgan fingerprint density at radius 3 is 2.75 bits per heavy atom. The molecule has 3 rings (SSSR count). The van der Waals surface area contributed by atoms with Crippen LogP contribution in [0.1, 0.15) is 10.4 Å². The van der Waals surface area contributed by atoms with Gasteiger partial charge in [0.25, 0.3) is 11.5 Å². The highest BCUT2D eigenvalue weighted by molar-refractivity contribution is 5.96. The molecular formula is C17H20N4O3. The molecule has 0 aliphatic carbocycles. The first-order valence-electron chi connectivity index (χ1n) is 7.69. The third kappa shape index (κ3) is 2.84. The molecule has 3 heterocycles. The molecule has 0 N–H and O–H groups in total. The number of methoxy groups -OCH3 is 1. The fraction of sp³-hybridized carbons (Fsp3) is 0.353. The molecule has 24 heavy (non-hydrogen) atoms. The number of anilines is 1. The van der Waals surface area contributed by atoms with Gasteiger partial charge in [0.15, 0.2) is 0 Å². The molecule has 2 aromatic rings. The molecule has 1 fully saturated rings. The predicted molar refractivity (Wildman–Crippen MR) is 90.6 cm³/mol. The minimum Gasteiger partial charge on any atom is -0.496 e. The highest BCUT2D eigenvalue weighted by Crippen LogP contribution is 2.24. The van der Waals surface area contributed by atoms with Crippen molar-refractivity contribution in [2.45, 2.75) is 6.04 Å². The largest absolute Gasteiger partial charge is 0.496 e. The number of carbonyl (C=O) groups is 1. The van der Waals surface area contributed by atoms with E-state index >= 15 is 0 Å². The second-order valence-corrected chi connectivity index (χ2v) is 5.87. The van der Waals surface area contributed by atoms with Gasteiger partial charge in [-0.25, -0.2) is 4.98 Å². The van der Waals surface area contributed by atoms with Crippen molar-refractivity contribution < 1.29 is 9.53 Å². The fourth-order valence-corrected chi connectivity index (χ4v) is 2.73. The normalized spacial score (nSPS) is 14.2. The van der Waals surface area contributed by atoms with Crippen LogP contribution in [-0.2, 0) is 7.05 Å². The van der Waals surface area contributed by atoms with Crippen LogP contribution in [0.2, 0.25) is 0 Å². The second kappa shape index (κ2) is 6.35. The second-order valence-electron chi connectivity index (χ2n) is 5.87. The summed E-state index contributed by atoms with van der Waals surface area (Å²) in [5.41, 5.74) is 0.175. The summed E-state index contributed by atoms with van der Waals surface area (Å²) in [6.45, 7) is 1.46. The molecule has 0 bridgehead atoms. The van der Waals surface area contributed by atoms with Gasteiger partial charge in [0.05, 0.1) is 18.7 Å². The first-order valence-corrected chi connectivity index (χ1v) is 7.69. The van der Waals surface area contributed by atoms with E-state index in [0.29, 0.717) is 11.3 Å². The zero-order chi connectivity index (χ0) is 17.3. The maximum atomic E-state index is 12.8. The standard InChI is InChI=1S/C17H20N4O3/c1-19-11-13(14(24-3)8-16(19)22)17(23)20(2)12-9-21(10-12)15-6-4-5-7-18-15/h4-8,11-12H,9-10H2,1-3H3. The molecule has 0 unspecified atom stereocenters. The van der Waals surface area contributed by atoms with E-state index in [1.807, 2.05) is 18.2 Å². The summed E-state index contributed by atoms with van der Waals surface area (Å²) in [4.78, 5) is 32.6. The highest BCUT2D eigenvalue weighted by atomic mass is 16.5. The number of pyridine rings is 2. The van der Waals surface area contributed by atoms with Crippen molar-refractivity contribution in [2.24, 2.45) is 7.05 Å². The number of hydrogen-bond acceptors (Lipinski definition) is 5. The summed E-state index contributed by atoms with van der Waals surface area (Å²) in [6.07, 6.45) is 3.28. The lowest BCUT2D eigenvalue weighted by atomic mass is 10.1. The van der Waals surface area contributed by atoms with E-state index in [0.717, 1.165) is 18.9 Å². The quantitative estimate of drug-likeness (QED) is 0.828. The number of nitrogens with zero attached hydrogens (tertiary/aromatic N) is 4. The Hall–Kier alpha value is -2.83. The summed E-state index contributed by atoms with van der Waals surface area (Å²) in [7, 11) is 4.84. The van der Waals surface area contributed by atoms with Gasteiger partial charge in [0.2, 0.25) is 0 Å². The van der Waals surface area contributed by atoms with Crippen molar-refractivity contribution in [1.29, 1.82) is 0 Å². The zero-order valence-electron chi connectivity index (χ0n) is 14.0. The summed E-state index contributed by atoms with van der Waals surface area (Å²) in [6, 6.07) is 7.21. The van der Waals surface area contributed by atoms with Crippen LogP contribution in [0.3, 0.4) is 0 Å². The topological polar surface area (TPSA) is 67.7 Å². The summed E-state index contributed by atoms with van der Waals surface area (Å²) in [5, 5.41) is 0. The van der Waals surface area contributed by atoms with Crippen molar-refractivity contribution in [3.63, 3.8) is 0 Å². The van der Waals surface area contributed by atoms with E-state index < -0.39 is 0 Å². The molecule has 0 radical (unpaired) electrons. The molecule has 1 aliphatic heterocycles. The van der Waals surface area contributed by atoms with Gasteiger partial charge >= 0.3 is 0 Å². The Morgan fingerprint density at radius 1 is 1.38 bits per heavy atom. The first-order chi connectivity index (χ1) is 11.5. The molecule has 1 saturated heterocycles. The Kier molecular flexibility index (Phi) is 4.24. The summed E-state index contributed by atoms with van der Waals surface area (Å²) >= 11 is 0. The Morgan fingerprint density at radius 2 is 2.12 bits per heavy atom. The van der Waals surface area contributed by atoms with E-state index in [1.165, 1.54) is 23.9 Å². The number of amides is 1. The van der Waals surface area contributed by atoms with Crippen LogP contribution in [0.15, 0.2) is 41.5 Å². The Balaban J connectivity index is 1.73. The van der Waals surface area contributed by atoms with Crippen LogP contribution in [0.4, 0.5) is 5.82 Å². The lowest BCUT2D eigenvalue weighted by Gasteiger charge is -2.44. The number of likely N-dealkylation sites (N-methyl/N-ethyl adjacent to an activating group) is 1. The third-order valence-corrected chi connectivity index (χ3v) is 4.34. The molecule has 0 spiro atoms. The number of carbonyl (C=O) groups excluding carboxylic acids is 1. The monoisotopic (exact) mass is 328 g/mol. The molecule has 0 saturated carbocycles. The van der Waals surface area contributed by atoms with Crippen LogP contribution in [0, 0.1) is 0 Å². The van der Waals surface area contributed by atoms with Gasteiger partial charge in [0, 0.05) is 45.6 Å². The van der Waals surface area contributed by atoms with Crippen LogP contribution in [0.5, 0.6) is 5.75 Å². The number of rotatable bonds is 4. The maximum absolute atomic E-state index is 12.8. The van der Waals surface area contributed by atoms with Gasteiger partial charge in [-0.15, -0.1) is 0 Å². The van der Waals surface area contributed by atoms with Crippen molar-refractivity contribution in [3.8, 4) is 5.75 Å². The fourth-order valence-electron chi connectivity index (χ4n) is 2.73. The van der Waals surface area contributed by atoms with Gasteiger partial charge in [-0.05, 0) is 12.1 Å².